The van der Waals surface area contributed by atoms with E-state index in [1.54, 1.807) is 6.92 Å². The number of imidazole rings is 1. The molecule has 0 spiro atoms. The number of carbonyl (C=O) groups excluding carboxylic acids is 2. The van der Waals surface area contributed by atoms with Crippen molar-refractivity contribution in [3.8, 4) is 0 Å². The third kappa shape index (κ3) is 4.21. The van der Waals surface area contributed by atoms with E-state index in [4.69, 9.17) is 4.98 Å². The van der Waals surface area contributed by atoms with E-state index in [-0.39, 0.29) is 17.9 Å². The van der Waals surface area contributed by atoms with E-state index in [1.807, 2.05) is 4.90 Å². The molecule has 33 heavy (non-hydrogen) atoms. The molecule has 1 amide bonds. The highest BCUT2D eigenvalue weighted by atomic mass is 16.2. The second-order valence-corrected chi connectivity index (χ2v) is 9.90. The highest BCUT2D eigenvalue weighted by molar-refractivity contribution is 5.83. The summed E-state index contributed by atoms with van der Waals surface area (Å²) in [7, 11) is 0. The Bertz CT molecular complexity index is 1170. The molecule has 2 aliphatic rings. The lowest BCUT2D eigenvalue weighted by molar-refractivity contribution is -0.129. The van der Waals surface area contributed by atoms with Crippen LogP contribution in [0.5, 0.6) is 0 Å². The van der Waals surface area contributed by atoms with E-state index in [0.29, 0.717) is 12.5 Å². The van der Waals surface area contributed by atoms with Crippen LogP contribution in [0.15, 0.2) is 42.5 Å². The average molecular weight is 444 g/mol. The van der Waals surface area contributed by atoms with Crippen LogP contribution in [0.4, 0.5) is 0 Å². The van der Waals surface area contributed by atoms with E-state index >= 15 is 0 Å². The number of fused-ring (bicyclic) bond motifs is 3. The first-order valence-corrected chi connectivity index (χ1v) is 12.3. The third-order valence-corrected chi connectivity index (χ3v) is 7.62. The van der Waals surface area contributed by atoms with Crippen LogP contribution in [0.1, 0.15) is 74.0 Å². The molecule has 5 rings (SSSR count). The van der Waals surface area contributed by atoms with Crippen molar-refractivity contribution < 1.29 is 9.59 Å². The molecule has 0 saturated heterocycles. The molecular weight excluding hydrogens is 410 g/mol. The van der Waals surface area contributed by atoms with Crippen LogP contribution in [0, 0.1) is 5.92 Å². The van der Waals surface area contributed by atoms with Crippen molar-refractivity contribution in [2.45, 2.75) is 70.9 Å². The van der Waals surface area contributed by atoms with Gasteiger partial charge < -0.3 is 14.3 Å². The number of hydrogen-bond donors (Lipinski definition) is 0. The molecule has 2 aromatic carbocycles. The summed E-state index contributed by atoms with van der Waals surface area (Å²) in [6.45, 7) is 5.33. The van der Waals surface area contributed by atoms with Crippen molar-refractivity contribution in [1.82, 2.24) is 14.5 Å². The molecule has 3 aromatic rings. The normalized spacial score (nSPS) is 21.6. The number of carbonyl (C=O) groups is 2. The van der Waals surface area contributed by atoms with Crippen molar-refractivity contribution in [3.63, 3.8) is 0 Å². The van der Waals surface area contributed by atoms with Crippen molar-refractivity contribution in [1.29, 1.82) is 0 Å². The van der Waals surface area contributed by atoms with Gasteiger partial charge in [0, 0.05) is 43.5 Å². The molecule has 5 heteroatoms. The van der Waals surface area contributed by atoms with Crippen molar-refractivity contribution in [2.24, 2.45) is 5.92 Å². The van der Waals surface area contributed by atoms with Crippen LogP contribution in [0.25, 0.3) is 11.0 Å². The van der Waals surface area contributed by atoms with E-state index in [9.17, 15) is 9.59 Å². The van der Waals surface area contributed by atoms with Gasteiger partial charge in [0.15, 0.2) is 0 Å². The van der Waals surface area contributed by atoms with Gasteiger partial charge >= 0.3 is 0 Å². The lowest BCUT2D eigenvalue weighted by Gasteiger charge is -2.28. The van der Waals surface area contributed by atoms with Gasteiger partial charge in [-0.25, -0.2) is 4.98 Å². The Kier molecular flexibility index (Phi) is 6.05. The molecule has 0 unspecified atom stereocenters. The standard InChI is InChI=1S/C28H33N3O2/c1-19(15-21-7-4-3-5-8-21)31-26-12-11-23-13-14-30(20(2)33)17-25(23)27(26)29-28(31)24-10-6-9-22(16-24)18-32/h3-5,7-8,11-12,18-19,22,24H,6,9-10,13-17H2,1-2H3/t19-,22-,24-/m0/s1. The zero-order valence-corrected chi connectivity index (χ0v) is 19.7. The van der Waals surface area contributed by atoms with Crippen molar-refractivity contribution in [3.05, 3.63) is 65.0 Å². The van der Waals surface area contributed by atoms with Crippen LogP contribution in [-0.4, -0.2) is 33.2 Å². The summed E-state index contributed by atoms with van der Waals surface area (Å²) >= 11 is 0. The maximum atomic E-state index is 12.1. The Morgan fingerprint density at radius 2 is 2.00 bits per heavy atom. The lowest BCUT2D eigenvalue weighted by Crippen LogP contribution is -2.34. The van der Waals surface area contributed by atoms with Crippen molar-refractivity contribution in [2.75, 3.05) is 6.54 Å². The van der Waals surface area contributed by atoms with Gasteiger partial charge in [-0.1, -0.05) is 42.8 Å². The predicted molar refractivity (Wildman–Crippen MR) is 130 cm³/mol. The van der Waals surface area contributed by atoms with Crippen LogP contribution in [0.3, 0.4) is 0 Å². The first kappa shape index (κ1) is 21.9. The first-order valence-electron chi connectivity index (χ1n) is 12.3. The quantitative estimate of drug-likeness (QED) is 0.508. The SMILES string of the molecule is CC(=O)N1CCc2ccc3c(nc([C@H]4CCC[C@H](C=O)C4)n3[C@@H](C)Cc3ccccc3)c2C1. The zero-order chi connectivity index (χ0) is 22.9. The highest BCUT2D eigenvalue weighted by Crippen LogP contribution is 2.39. The molecule has 1 saturated carbocycles. The molecule has 1 aromatic heterocycles. The van der Waals surface area contributed by atoms with Gasteiger partial charge in [0.25, 0.3) is 0 Å². The molecular formula is C28H33N3O2. The summed E-state index contributed by atoms with van der Waals surface area (Å²) in [5.74, 6) is 1.66. The van der Waals surface area contributed by atoms with Crippen LogP contribution >= 0.6 is 0 Å². The molecule has 1 fully saturated rings. The second-order valence-electron chi connectivity index (χ2n) is 9.90. The van der Waals surface area contributed by atoms with Gasteiger partial charge in [0.1, 0.15) is 12.1 Å². The molecule has 0 N–H and O–H groups in total. The Hall–Kier alpha value is -2.95. The molecule has 3 atom stereocenters. The topological polar surface area (TPSA) is 55.2 Å². The lowest BCUT2D eigenvalue weighted by atomic mass is 9.81. The minimum absolute atomic E-state index is 0.121. The molecule has 0 radical (unpaired) electrons. The number of aldehydes is 1. The Morgan fingerprint density at radius 3 is 2.76 bits per heavy atom. The van der Waals surface area contributed by atoms with Gasteiger partial charge in [-0.05, 0) is 56.2 Å². The smallest absolute Gasteiger partial charge is 0.219 e. The predicted octanol–water partition coefficient (Wildman–Crippen LogP) is 5.22. The van der Waals surface area contributed by atoms with E-state index in [1.165, 1.54) is 16.7 Å². The Balaban J connectivity index is 1.61. The van der Waals surface area contributed by atoms with Crippen molar-refractivity contribution >= 4 is 23.2 Å². The summed E-state index contributed by atoms with van der Waals surface area (Å²) in [6.07, 6.45) is 6.96. The number of rotatable bonds is 5. The third-order valence-electron chi connectivity index (χ3n) is 7.62. The Labute approximate surface area is 195 Å². The van der Waals surface area contributed by atoms with E-state index < -0.39 is 0 Å². The fraction of sp³-hybridized carbons (Fsp3) is 0.464. The van der Waals surface area contributed by atoms with E-state index in [2.05, 4.69) is 54.0 Å². The molecule has 2 heterocycles. The summed E-state index contributed by atoms with van der Waals surface area (Å²) in [4.78, 5) is 30.9. The zero-order valence-electron chi connectivity index (χ0n) is 19.7. The summed E-state index contributed by atoms with van der Waals surface area (Å²) in [5, 5.41) is 0. The molecule has 172 valence electrons. The fourth-order valence-corrected chi connectivity index (χ4v) is 5.86. The Morgan fingerprint density at radius 1 is 1.18 bits per heavy atom. The van der Waals surface area contributed by atoms with E-state index in [0.717, 1.165) is 68.2 Å². The van der Waals surface area contributed by atoms with Crippen LogP contribution in [0.2, 0.25) is 0 Å². The molecule has 1 aliphatic heterocycles. The molecule has 0 bridgehead atoms. The average Bonchev–Trinajstić information content (AvgIpc) is 3.24. The summed E-state index contributed by atoms with van der Waals surface area (Å²) in [6, 6.07) is 15.3. The number of amides is 1. The minimum atomic E-state index is 0.121. The summed E-state index contributed by atoms with van der Waals surface area (Å²) in [5.41, 5.74) is 6.02. The van der Waals surface area contributed by atoms with Gasteiger partial charge in [0.2, 0.25) is 5.91 Å². The highest BCUT2D eigenvalue weighted by Gasteiger charge is 2.30. The largest absolute Gasteiger partial charge is 0.338 e. The fourth-order valence-electron chi connectivity index (χ4n) is 5.86. The minimum Gasteiger partial charge on any atom is -0.338 e. The van der Waals surface area contributed by atoms with Crippen LogP contribution < -0.4 is 0 Å². The monoisotopic (exact) mass is 443 g/mol. The second kappa shape index (κ2) is 9.12. The molecule has 1 aliphatic carbocycles. The van der Waals surface area contributed by atoms with Gasteiger partial charge in [0.05, 0.1) is 11.0 Å². The molecule has 5 nitrogen and oxygen atoms in total. The van der Waals surface area contributed by atoms with Gasteiger partial charge in [-0.2, -0.15) is 0 Å². The van der Waals surface area contributed by atoms with Gasteiger partial charge in [-0.3, -0.25) is 4.79 Å². The van der Waals surface area contributed by atoms with Gasteiger partial charge in [-0.15, -0.1) is 0 Å². The first-order chi connectivity index (χ1) is 16.0. The maximum Gasteiger partial charge on any atom is 0.219 e. The maximum absolute atomic E-state index is 12.1. The van der Waals surface area contributed by atoms with Crippen LogP contribution in [-0.2, 0) is 29.0 Å². The summed E-state index contributed by atoms with van der Waals surface area (Å²) < 4.78 is 2.44. The number of aromatic nitrogens is 2. The number of hydrogen-bond acceptors (Lipinski definition) is 3. The number of benzene rings is 2. The number of nitrogens with zero attached hydrogens (tertiary/aromatic N) is 3.